The topological polar surface area (TPSA) is 85.4 Å². The zero-order valence-electron chi connectivity index (χ0n) is 16.7. The monoisotopic (exact) mass is 392 g/mol. The van der Waals surface area contributed by atoms with Gasteiger partial charge in [0.2, 0.25) is 0 Å². The number of amides is 1. The summed E-state index contributed by atoms with van der Waals surface area (Å²) in [5.41, 5.74) is 3.10. The largest absolute Gasteiger partial charge is 0.497 e. The van der Waals surface area contributed by atoms with Crippen LogP contribution in [0.15, 0.2) is 54.9 Å². The van der Waals surface area contributed by atoms with Crippen LogP contribution in [-0.2, 0) is 0 Å². The van der Waals surface area contributed by atoms with E-state index in [0.717, 1.165) is 28.3 Å². The Bertz CT molecular complexity index is 954. The number of nitrogens with zero attached hydrogens (tertiary/aromatic N) is 2. The fourth-order valence-electron chi connectivity index (χ4n) is 2.79. The molecule has 0 saturated heterocycles. The molecule has 0 fully saturated rings. The first-order valence-electron chi connectivity index (χ1n) is 9.27. The number of hydrogen-bond donors (Lipinski definition) is 2. The molecule has 1 aromatic heterocycles. The first-order valence-corrected chi connectivity index (χ1v) is 9.27. The highest BCUT2D eigenvalue weighted by Crippen LogP contribution is 2.20. The molecule has 0 saturated carbocycles. The van der Waals surface area contributed by atoms with Gasteiger partial charge in [-0.25, -0.2) is 9.97 Å². The van der Waals surface area contributed by atoms with Crippen LogP contribution in [0.25, 0.3) is 0 Å². The standard InChI is InChI=1S/C22H24N4O3/c1-15-5-4-6-16(2)21(15)26-22(27)19-13-20(25-14-24-19)23-11-12-29-18-9-7-17(28-3)8-10-18/h4-10,13-14H,11-12H2,1-3H3,(H,26,27)(H,23,24,25). The Balaban J connectivity index is 1.54. The predicted octanol–water partition coefficient (Wildman–Crippen LogP) is 3.85. The number of benzene rings is 2. The summed E-state index contributed by atoms with van der Waals surface area (Å²) < 4.78 is 10.8. The summed E-state index contributed by atoms with van der Waals surface area (Å²) >= 11 is 0. The van der Waals surface area contributed by atoms with Crippen LogP contribution in [0, 0.1) is 13.8 Å². The molecular formula is C22H24N4O3. The highest BCUT2D eigenvalue weighted by atomic mass is 16.5. The second kappa shape index (κ2) is 9.54. The molecular weight excluding hydrogens is 368 g/mol. The van der Waals surface area contributed by atoms with E-state index in [1.165, 1.54) is 6.33 Å². The molecule has 1 amide bonds. The molecule has 0 atom stereocenters. The van der Waals surface area contributed by atoms with E-state index in [0.29, 0.717) is 24.7 Å². The third-order valence-electron chi connectivity index (χ3n) is 4.36. The van der Waals surface area contributed by atoms with Crippen LogP contribution >= 0.6 is 0 Å². The quantitative estimate of drug-likeness (QED) is 0.567. The van der Waals surface area contributed by atoms with Crippen LogP contribution in [0.1, 0.15) is 21.6 Å². The number of aryl methyl sites for hydroxylation is 2. The van der Waals surface area contributed by atoms with Crippen molar-refractivity contribution in [2.75, 3.05) is 30.9 Å². The van der Waals surface area contributed by atoms with E-state index in [1.807, 2.05) is 56.3 Å². The van der Waals surface area contributed by atoms with E-state index in [2.05, 4.69) is 20.6 Å². The molecule has 3 aromatic rings. The molecule has 0 spiro atoms. The van der Waals surface area contributed by atoms with Gasteiger partial charge in [-0.2, -0.15) is 0 Å². The number of carbonyl (C=O) groups excluding carboxylic acids is 1. The molecule has 7 nitrogen and oxygen atoms in total. The minimum Gasteiger partial charge on any atom is -0.497 e. The number of anilines is 2. The van der Waals surface area contributed by atoms with Gasteiger partial charge in [-0.05, 0) is 49.2 Å². The fraction of sp³-hybridized carbons (Fsp3) is 0.227. The lowest BCUT2D eigenvalue weighted by atomic mass is 10.1. The van der Waals surface area contributed by atoms with E-state index in [9.17, 15) is 4.79 Å². The summed E-state index contributed by atoms with van der Waals surface area (Å²) in [6.07, 6.45) is 1.37. The normalized spacial score (nSPS) is 10.3. The maximum absolute atomic E-state index is 12.6. The summed E-state index contributed by atoms with van der Waals surface area (Å²) in [6, 6.07) is 14.9. The van der Waals surface area contributed by atoms with Gasteiger partial charge >= 0.3 is 0 Å². The number of para-hydroxylation sites is 1. The first kappa shape index (κ1) is 20.1. The van der Waals surface area contributed by atoms with Gasteiger partial charge in [0, 0.05) is 11.8 Å². The minimum atomic E-state index is -0.276. The van der Waals surface area contributed by atoms with Crippen molar-refractivity contribution in [1.82, 2.24) is 9.97 Å². The number of ether oxygens (including phenoxy) is 2. The molecule has 0 radical (unpaired) electrons. The van der Waals surface area contributed by atoms with Crippen molar-refractivity contribution in [3.05, 3.63) is 71.7 Å². The Morgan fingerprint density at radius 3 is 2.38 bits per heavy atom. The van der Waals surface area contributed by atoms with Gasteiger partial charge in [-0.1, -0.05) is 18.2 Å². The van der Waals surface area contributed by atoms with Gasteiger partial charge in [0.15, 0.2) is 0 Å². The van der Waals surface area contributed by atoms with Gasteiger partial charge in [0.25, 0.3) is 5.91 Å². The second-order valence-electron chi connectivity index (χ2n) is 6.46. The molecule has 0 aliphatic rings. The molecule has 1 heterocycles. The van der Waals surface area contributed by atoms with Gasteiger partial charge in [-0.15, -0.1) is 0 Å². The molecule has 0 aliphatic carbocycles. The molecule has 0 bridgehead atoms. The van der Waals surface area contributed by atoms with Gasteiger partial charge in [0.05, 0.1) is 13.7 Å². The average molecular weight is 392 g/mol. The average Bonchev–Trinajstić information content (AvgIpc) is 2.74. The minimum absolute atomic E-state index is 0.276. The number of nitrogens with one attached hydrogen (secondary N) is 2. The molecule has 7 heteroatoms. The summed E-state index contributed by atoms with van der Waals surface area (Å²) in [6.45, 7) is 4.89. The van der Waals surface area contributed by atoms with Crippen molar-refractivity contribution in [3.8, 4) is 11.5 Å². The second-order valence-corrected chi connectivity index (χ2v) is 6.46. The van der Waals surface area contributed by atoms with E-state index in [1.54, 1.807) is 13.2 Å². The third-order valence-corrected chi connectivity index (χ3v) is 4.36. The van der Waals surface area contributed by atoms with Crippen LogP contribution in [0.5, 0.6) is 11.5 Å². The maximum atomic E-state index is 12.6. The first-order chi connectivity index (χ1) is 14.1. The smallest absolute Gasteiger partial charge is 0.274 e. The Morgan fingerprint density at radius 2 is 1.69 bits per heavy atom. The number of hydrogen-bond acceptors (Lipinski definition) is 6. The Hall–Kier alpha value is -3.61. The SMILES string of the molecule is COc1ccc(OCCNc2cc(C(=O)Nc3c(C)cccc3C)ncn2)cc1. The molecule has 2 aromatic carbocycles. The molecule has 0 unspecified atom stereocenters. The fourth-order valence-corrected chi connectivity index (χ4v) is 2.79. The number of methoxy groups -OCH3 is 1. The Labute approximate surface area is 170 Å². The van der Waals surface area contributed by atoms with Crippen LogP contribution in [0.3, 0.4) is 0 Å². The maximum Gasteiger partial charge on any atom is 0.274 e. The van der Waals surface area contributed by atoms with Crippen molar-refractivity contribution < 1.29 is 14.3 Å². The van der Waals surface area contributed by atoms with Crippen molar-refractivity contribution in [2.24, 2.45) is 0 Å². The van der Waals surface area contributed by atoms with Gasteiger partial charge in [-0.3, -0.25) is 4.79 Å². The van der Waals surface area contributed by atoms with Crippen LogP contribution in [0.4, 0.5) is 11.5 Å². The summed E-state index contributed by atoms with van der Waals surface area (Å²) in [4.78, 5) is 20.8. The van der Waals surface area contributed by atoms with E-state index in [-0.39, 0.29) is 5.91 Å². The molecule has 0 aliphatic heterocycles. The van der Waals surface area contributed by atoms with Gasteiger partial charge in [0.1, 0.15) is 35.9 Å². The highest BCUT2D eigenvalue weighted by molar-refractivity contribution is 6.04. The zero-order chi connectivity index (χ0) is 20.6. The van der Waals surface area contributed by atoms with Crippen molar-refractivity contribution in [3.63, 3.8) is 0 Å². The zero-order valence-corrected chi connectivity index (χ0v) is 16.7. The third kappa shape index (κ3) is 5.44. The lowest BCUT2D eigenvalue weighted by Crippen LogP contribution is -2.17. The van der Waals surface area contributed by atoms with Crippen molar-refractivity contribution in [1.29, 1.82) is 0 Å². The van der Waals surface area contributed by atoms with Crippen LogP contribution in [0.2, 0.25) is 0 Å². The van der Waals surface area contributed by atoms with Crippen molar-refractivity contribution >= 4 is 17.4 Å². The van der Waals surface area contributed by atoms with E-state index < -0.39 is 0 Å². The van der Waals surface area contributed by atoms with Crippen LogP contribution in [-0.4, -0.2) is 36.1 Å². The van der Waals surface area contributed by atoms with E-state index in [4.69, 9.17) is 9.47 Å². The molecule has 150 valence electrons. The summed E-state index contributed by atoms with van der Waals surface area (Å²) in [7, 11) is 1.62. The lowest BCUT2D eigenvalue weighted by molar-refractivity contribution is 0.102. The number of rotatable bonds is 8. The number of carbonyl (C=O) groups is 1. The summed E-state index contributed by atoms with van der Waals surface area (Å²) in [5, 5.41) is 6.07. The molecule has 29 heavy (non-hydrogen) atoms. The van der Waals surface area contributed by atoms with Gasteiger partial charge < -0.3 is 20.1 Å². The van der Waals surface area contributed by atoms with Crippen molar-refractivity contribution in [2.45, 2.75) is 13.8 Å². The van der Waals surface area contributed by atoms with Crippen LogP contribution < -0.4 is 20.1 Å². The Morgan fingerprint density at radius 1 is 1.00 bits per heavy atom. The highest BCUT2D eigenvalue weighted by Gasteiger charge is 2.12. The number of aromatic nitrogens is 2. The molecule has 2 N–H and O–H groups in total. The lowest BCUT2D eigenvalue weighted by Gasteiger charge is -2.12. The van der Waals surface area contributed by atoms with E-state index >= 15 is 0 Å². The Kier molecular flexibility index (Phi) is 6.63. The summed E-state index contributed by atoms with van der Waals surface area (Å²) in [5.74, 6) is 1.82. The molecule has 3 rings (SSSR count). The predicted molar refractivity (Wildman–Crippen MR) is 113 cm³/mol.